The summed E-state index contributed by atoms with van der Waals surface area (Å²) in [4.78, 5) is 2.51. The van der Waals surface area contributed by atoms with E-state index in [1.165, 1.54) is 0 Å². The maximum absolute atomic E-state index is 13.0. The van der Waals surface area contributed by atoms with Gasteiger partial charge in [-0.15, -0.1) is 0 Å². The van der Waals surface area contributed by atoms with Crippen LogP contribution in [0, 0.1) is 13.8 Å². The molecule has 0 atom stereocenters. The molecule has 1 fully saturated rings. The van der Waals surface area contributed by atoms with Gasteiger partial charge in [0.15, 0.2) is 0 Å². The van der Waals surface area contributed by atoms with Gasteiger partial charge in [-0.05, 0) is 38.1 Å². The van der Waals surface area contributed by atoms with Crippen LogP contribution in [-0.4, -0.2) is 48.7 Å². The number of benzene rings is 1. The van der Waals surface area contributed by atoms with Crippen molar-refractivity contribution in [2.24, 2.45) is 7.05 Å². The van der Waals surface area contributed by atoms with E-state index in [-0.39, 0.29) is 0 Å². The van der Waals surface area contributed by atoms with Gasteiger partial charge in [-0.3, -0.25) is 4.68 Å². The Kier molecular flexibility index (Phi) is 4.59. The number of sulfonamides is 1. The molecule has 0 spiro atoms. The van der Waals surface area contributed by atoms with Crippen molar-refractivity contribution in [3.8, 4) is 0 Å². The summed E-state index contributed by atoms with van der Waals surface area (Å²) in [6.07, 6.45) is 0. The molecule has 2 aromatic rings. The quantitative estimate of drug-likeness (QED) is 0.833. The molecule has 1 aliphatic heterocycles. The molecule has 24 heavy (non-hydrogen) atoms. The van der Waals surface area contributed by atoms with E-state index in [2.05, 4.69) is 10.00 Å². The molecule has 1 aromatic carbocycles. The molecule has 0 amide bonds. The number of rotatable bonds is 3. The van der Waals surface area contributed by atoms with Gasteiger partial charge < -0.3 is 4.90 Å². The maximum atomic E-state index is 13.0. The van der Waals surface area contributed by atoms with Crippen molar-refractivity contribution in [3.63, 3.8) is 0 Å². The average molecular weight is 369 g/mol. The normalized spacial score (nSPS) is 16.6. The summed E-state index contributed by atoms with van der Waals surface area (Å²) in [6.45, 7) is 5.75. The molecule has 2 heterocycles. The Morgan fingerprint density at radius 2 is 1.62 bits per heavy atom. The van der Waals surface area contributed by atoms with Gasteiger partial charge in [0.1, 0.15) is 4.90 Å². The maximum Gasteiger partial charge on any atom is 0.246 e. The van der Waals surface area contributed by atoms with Crippen molar-refractivity contribution in [1.82, 2.24) is 14.1 Å². The van der Waals surface area contributed by atoms with Crippen LogP contribution in [0.4, 0.5) is 5.69 Å². The van der Waals surface area contributed by atoms with Crippen molar-refractivity contribution in [2.45, 2.75) is 18.7 Å². The van der Waals surface area contributed by atoms with Crippen LogP contribution in [0.25, 0.3) is 0 Å². The second-order valence-corrected chi connectivity index (χ2v) is 8.30. The minimum absolute atomic E-state index is 0.338. The van der Waals surface area contributed by atoms with Crippen LogP contribution >= 0.6 is 11.6 Å². The smallest absolute Gasteiger partial charge is 0.246 e. The highest BCUT2D eigenvalue weighted by Gasteiger charge is 2.32. The molecular weight excluding hydrogens is 348 g/mol. The highest BCUT2D eigenvalue weighted by molar-refractivity contribution is 7.89. The van der Waals surface area contributed by atoms with Gasteiger partial charge in [-0.1, -0.05) is 11.6 Å². The summed E-state index contributed by atoms with van der Waals surface area (Å²) in [6, 6.07) is 7.62. The molecule has 1 saturated heterocycles. The largest absolute Gasteiger partial charge is 0.369 e. The number of piperazine rings is 1. The van der Waals surface area contributed by atoms with E-state index in [9.17, 15) is 8.42 Å². The van der Waals surface area contributed by atoms with Gasteiger partial charge in [0.25, 0.3) is 0 Å². The SMILES string of the molecule is Cc1nn(C)c(C)c1S(=O)(=O)N1CCN(c2ccc(Cl)cc2)CC1. The lowest BCUT2D eigenvalue weighted by molar-refractivity contribution is 0.384. The number of aryl methyl sites for hydroxylation is 2. The lowest BCUT2D eigenvalue weighted by atomic mass is 10.2. The summed E-state index contributed by atoms with van der Waals surface area (Å²) < 4.78 is 29.1. The lowest BCUT2D eigenvalue weighted by Crippen LogP contribution is -2.48. The second-order valence-electron chi connectivity index (χ2n) is 5.99. The van der Waals surface area contributed by atoms with Gasteiger partial charge in [-0.2, -0.15) is 9.40 Å². The molecule has 3 rings (SSSR count). The third kappa shape index (κ3) is 3.03. The first-order chi connectivity index (χ1) is 11.3. The number of halogens is 1. The molecule has 1 aliphatic rings. The van der Waals surface area contributed by atoms with E-state index < -0.39 is 10.0 Å². The lowest BCUT2D eigenvalue weighted by Gasteiger charge is -2.35. The molecule has 0 unspecified atom stereocenters. The molecule has 6 nitrogen and oxygen atoms in total. The van der Waals surface area contributed by atoms with Gasteiger partial charge in [0.05, 0.1) is 11.4 Å². The highest BCUT2D eigenvalue weighted by Crippen LogP contribution is 2.25. The monoisotopic (exact) mass is 368 g/mol. The van der Waals surface area contributed by atoms with Crippen molar-refractivity contribution < 1.29 is 8.42 Å². The molecule has 1 aromatic heterocycles. The van der Waals surface area contributed by atoms with E-state index >= 15 is 0 Å². The standard InChI is InChI=1S/C16H21ClN4O2S/c1-12-16(13(2)19(3)18-12)24(22,23)21-10-8-20(9-11-21)15-6-4-14(17)5-7-15/h4-7H,8-11H2,1-3H3. The van der Waals surface area contributed by atoms with Crippen LogP contribution in [0.15, 0.2) is 29.2 Å². The van der Waals surface area contributed by atoms with Crippen molar-refractivity contribution in [2.75, 3.05) is 31.1 Å². The molecule has 0 aliphatic carbocycles. The van der Waals surface area contributed by atoms with Crippen molar-refractivity contribution >= 4 is 27.3 Å². The minimum atomic E-state index is -3.51. The highest BCUT2D eigenvalue weighted by atomic mass is 35.5. The van der Waals surface area contributed by atoms with Gasteiger partial charge in [0, 0.05) is 43.9 Å². The molecule has 8 heteroatoms. The third-order valence-corrected chi connectivity index (χ3v) is 6.87. The molecular formula is C16H21ClN4O2S. The Bertz CT molecular complexity index is 838. The molecule has 0 saturated carbocycles. The summed E-state index contributed by atoms with van der Waals surface area (Å²) in [5, 5.41) is 4.93. The summed E-state index contributed by atoms with van der Waals surface area (Å²) in [5.41, 5.74) is 2.29. The zero-order valence-corrected chi connectivity index (χ0v) is 15.6. The molecule has 0 bridgehead atoms. The van der Waals surface area contributed by atoms with Crippen LogP contribution in [0.2, 0.25) is 5.02 Å². The summed E-state index contributed by atoms with van der Waals surface area (Å²) >= 11 is 5.92. The summed E-state index contributed by atoms with van der Waals surface area (Å²) in [7, 11) is -1.75. The first kappa shape index (κ1) is 17.3. The van der Waals surface area contributed by atoms with Gasteiger partial charge >= 0.3 is 0 Å². The number of hydrogen-bond acceptors (Lipinski definition) is 4. The number of nitrogens with zero attached hydrogens (tertiary/aromatic N) is 4. The van der Waals surface area contributed by atoms with E-state index in [4.69, 9.17) is 11.6 Å². The average Bonchev–Trinajstić information content (AvgIpc) is 2.81. The fraction of sp³-hybridized carbons (Fsp3) is 0.438. The van der Waals surface area contributed by atoms with Crippen LogP contribution in [0.1, 0.15) is 11.4 Å². The molecule has 130 valence electrons. The van der Waals surface area contributed by atoms with Gasteiger partial charge in [-0.25, -0.2) is 8.42 Å². The van der Waals surface area contributed by atoms with Crippen LogP contribution in [0.5, 0.6) is 0 Å². The Balaban J connectivity index is 1.77. The van der Waals surface area contributed by atoms with Crippen molar-refractivity contribution in [3.05, 3.63) is 40.7 Å². The number of aromatic nitrogens is 2. The van der Waals surface area contributed by atoms with Crippen LogP contribution in [-0.2, 0) is 17.1 Å². The van der Waals surface area contributed by atoms with E-state index in [0.29, 0.717) is 47.5 Å². The van der Waals surface area contributed by atoms with Crippen LogP contribution in [0.3, 0.4) is 0 Å². The first-order valence-electron chi connectivity index (χ1n) is 7.81. The van der Waals surface area contributed by atoms with Gasteiger partial charge in [0.2, 0.25) is 10.0 Å². The number of anilines is 1. The van der Waals surface area contributed by atoms with Crippen molar-refractivity contribution in [1.29, 1.82) is 0 Å². The Morgan fingerprint density at radius 3 is 2.12 bits per heavy atom. The Morgan fingerprint density at radius 1 is 1.04 bits per heavy atom. The number of hydrogen-bond donors (Lipinski definition) is 0. The summed E-state index contributed by atoms with van der Waals surface area (Å²) in [5.74, 6) is 0. The van der Waals surface area contributed by atoms with E-state index in [1.807, 2.05) is 24.3 Å². The zero-order chi connectivity index (χ0) is 17.5. The predicted molar refractivity (Wildman–Crippen MR) is 95.1 cm³/mol. The molecule has 0 N–H and O–H groups in total. The zero-order valence-electron chi connectivity index (χ0n) is 14.0. The fourth-order valence-electron chi connectivity index (χ4n) is 3.10. The minimum Gasteiger partial charge on any atom is -0.369 e. The Labute approximate surface area is 147 Å². The first-order valence-corrected chi connectivity index (χ1v) is 9.63. The topological polar surface area (TPSA) is 58.4 Å². The second kappa shape index (κ2) is 6.38. The van der Waals surface area contributed by atoms with E-state index in [0.717, 1.165) is 5.69 Å². The predicted octanol–water partition coefficient (Wildman–Crippen LogP) is 2.20. The third-order valence-electron chi connectivity index (χ3n) is 4.47. The Hall–Kier alpha value is -1.57. The molecule has 0 radical (unpaired) electrons. The fourth-order valence-corrected chi connectivity index (χ4v) is 5.04. The van der Waals surface area contributed by atoms with Crippen LogP contribution < -0.4 is 4.90 Å². The van der Waals surface area contributed by atoms with E-state index in [1.54, 1.807) is 29.9 Å².